The van der Waals surface area contributed by atoms with Crippen LogP contribution in [0, 0.1) is 0 Å². The van der Waals surface area contributed by atoms with E-state index in [1.54, 1.807) is 21.9 Å². The van der Waals surface area contributed by atoms with Gasteiger partial charge in [-0.3, -0.25) is 9.59 Å². The molecule has 5 rings (SSSR count). The Hall–Kier alpha value is -2.09. The van der Waals surface area contributed by atoms with E-state index in [-0.39, 0.29) is 11.8 Å². The molecule has 0 atom stereocenters. The van der Waals surface area contributed by atoms with Gasteiger partial charge in [0, 0.05) is 44.7 Å². The molecule has 2 aromatic rings. The topological polar surface area (TPSA) is 78.7 Å². The zero-order valence-electron chi connectivity index (χ0n) is 17.1. The molecule has 1 aromatic carbocycles. The van der Waals surface area contributed by atoms with Crippen LogP contribution in [0.15, 0.2) is 18.2 Å². The number of halogens is 2. The average molecular weight is 463 g/mol. The fraction of sp³-hybridized carbons (Fsp3) is 0.500. The number of aliphatic hydroxyl groups is 1. The summed E-state index contributed by atoms with van der Waals surface area (Å²) in [6.07, 6.45) is 4.16. The molecule has 164 valence electrons. The molecule has 1 aromatic heterocycles. The normalized spacial score (nSPS) is 19.8. The zero-order chi connectivity index (χ0) is 21.8. The van der Waals surface area contributed by atoms with Crippen LogP contribution in [0.25, 0.3) is 11.3 Å². The zero-order valence-corrected chi connectivity index (χ0v) is 18.6. The highest BCUT2D eigenvalue weighted by molar-refractivity contribution is 6.34. The molecular weight excluding hydrogens is 439 g/mol. The first-order chi connectivity index (χ1) is 14.9. The van der Waals surface area contributed by atoms with Gasteiger partial charge in [-0.05, 0) is 37.8 Å². The number of hydrogen-bond donors (Lipinski definition) is 1. The summed E-state index contributed by atoms with van der Waals surface area (Å²) in [6.45, 7) is 2.53. The molecule has 0 bridgehead atoms. The number of hydrogen-bond acceptors (Lipinski definition) is 4. The molecule has 2 amide bonds. The van der Waals surface area contributed by atoms with Crippen molar-refractivity contribution in [3.05, 3.63) is 39.8 Å². The van der Waals surface area contributed by atoms with Crippen molar-refractivity contribution in [2.45, 2.75) is 44.2 Å². The predicted molar refractivity (Wildman–Crippen MR) is 117 cm³/mol. The number of carbonyl (C=O) groups excluding carboxylic acids is 2. The SMILES string of the molecule is O=C(c1ccc(-c2nc3n(c2Cl)CCCC3)cc1Cl)N1CCN(C(=O)C2(O)CC2)CC1. The van der Waals surface area contributed by atoms with E-state index < -0.39 is 5.60 Å². The monoisotopic (exact) mass is 462 g/mol. The molecule has 1 saturated heterocycles. The van der Waals surface area contributed by atoms with E-state index in [0.717, 1.165) is 37.2 Å². The third-order valence-corrected chi connectivity index (χ3v) is 7.16. The number of nitrogens with zero attached hydrogens (tertiary/aromatic N) is 4. The molecule has 0 unspecified atom stereocenters. The number of piperazine rings is 1. The van der Waals surface area contributed by atoms with Gasteiger partial charge in [-0.15, -0.1) is 0 Å². The number of carbonyl (C=O) groups is 2. The number of fused-ring (bicyclic) bond motifs is 1. The van der Waals surface area contributed by atoms with Crippen LogP contribution in [0.1, 0.15) is 41.9 Å². The smallest absolute Gasteiger partial charge is 0.255 e. The third kappa shape index (κ3) is 3.73. The molecule has 9 heteroatoms. The summed E-state index contributed by atoms with van der Waals surface area (Å²) >= 11 is 13.1. The van der Waals surface area contributed by atoms with Gasteiger partial charge in [0.25, 0.3) is 11.8 Å². The van der Waals surface area contributed by atoms with E-state index in [9.17, 15) is 14.7 Å². The Bertz CT molecular complexity index is 1060. The first-order valence-corrected chi connectivity index (χ1v) is 11.5. The van der Waals surface area contributed by atoms with Crippen LogP contribution in [0.2, 0.25) is 10.2 Å². The third-order valence-electron chi connectivity index (χ3n) is 6.47. The van der Waals surface area contributed by atoms with Crippen LogP contribution < -0.4 is 0 Å². The summed E-state index contributed by atoms with van der Waals surface area (Å²) in [4.78, 5) is 33.3. The Morgan fingerprint density at radius 2 is 1.71 bits per heavy atom. The first-order valence-electron chi connectivity index (χ1n) is 10.7. The van der Waals surface area contributed by atoms with Gasteiger partial charge < -0.3 is 19.5 Å². The highest BCUT2D eigenvalue weighted by atomic mass is 35.5. The van der Waals surface area contributed by atoms with Crippen molar-refractivity contribution in [1.29, 1.82) is 0 Å². The Morgan fingerprint density at radius 1 is 1.00 bits per heavy atom. The molecule has 3 aliphatic rings. The second kappa shape index (κ2) is 7.80. The maximum Gasteiger partial charge on any atom is 0.255 e. The molecule has 2 fully saturated rings. The Labute approximate surface area is 190 Å². The summed E-state index contributed by atoms with van der Waals surface area (Å²) in [5.41, 5.74) is 0.746. The van der Waals surface area contributed by atoms with Crippen molar-refractivity contribution in [3.63, 3.8) is 0 Å². The van der Waals surface area contributed by atoms with Crippen molar-refractivity contribution in [3.8, 4) is 11.3 Å². The van der Waals surface area contributed by atoms with E-state index >= 15 is 0 Å². The maximum atomic E-state index is 13.0. The number of benzene rings is 1. The van der Waals surface area contributed by atoms with Gasteiger partial charge in [0.15, 0.2) is 0 Å². The standard InChI is InChI=1S/C22H24Cl2N4O3/c23-16-13-14(18-19(24)28-8-2-1-3-17(28)25-18)4-5-15(16)20(29)26-9-11-27(12-10-26)21(30)22(31)6-7-22/h4-5,13,31H,1-3,6-12H2. The highest BCUT2D eigenvalue weighted by Crippen LogP contribution is 2.37. The molecule has 0 spiro atoms. The minimum absolute atomic E-state index is 0.163. The molecule has 31 heavy (non-hydrogen) atoms. The van der Waals surface area contributed by atoms with Crippen LogP contribution >= 0.6 is 23.2 Å². The summed E-state index contributed by atoms with van der Waals surface area (Å²) in [7, 11) is 0. The lowest BCUT2D eigenvalue weighted by molar-refractivity contribution is -0.143. The molecule has 1 aliphatic carbocycles. The van der Waals surface area contributed by atoms with Crippen LogP contribution in [-0.2, 0) is 17.8 Å². The first kappa shape index (κ1) is 20.8. The molecule has 0 radical (unpaired) electrons. The van der Waals surface area contributed by atoms with Gasteiger partial charge in [0.2, 0.25) is 0 Å². The quantitative estimate of drug-likeness (QED) is 0.759. The van der Waals surface area contributed by atoms with Crippen molar-refractivity contribution in [2.75, 3.05) is 26.2 Å². The van der Waals surface area contributed by atoms with Gasteiger partial charge in [-0.1, -0.05) is 29.3 Å². The average Bonchev–Trinajstić information content (AvgIpc) is 3.46. The lowest BCUT2D eigenvalue weighted by Crippen LogP contribution is -2.53. The predicted octanol–water partition coefficient (Wildman–Crippen LogP) is 3.00. The molecule has 7 nitrogen and oxygen atoms in total. The molecule has 1 saturated carbocycles. The lowest BCUT2D eigenvalue weighted by atomic mass is 10.1. The van der Waals surface area contributed by atoms with Crippen molar-refractivity contribution in [2.24, 2.45) is 0 Å². The van der Waals surface area contributed by atoms with Gasteiger partial charge >= 0.3 is 0 Å². The van der Waals surface area contributed by atoms with Crippen LogP contribution in [0.4, 0.5) is 0 Å². The largest absolute Gasteiger partial charge is 0.380 e. The number of imidazole rings is 1. The fourth-order valence-electron chi connectivity index (χ4n) is 4.38. The van der Waals surface area contributed by atoms with E-state index in [1.165, 1.54) is 0 Å². The Balaban J connectivity index is 1.30. The van der Waals surface area contributed by atoms with Crippen molar-refractivity contribution in [1.82, 2.24) is 19.4 Å². The van der Waals surface area contributed by atoms with E-state index in [4.69, 9.17) is 28.2 Å². The highest BCUT2D eigenvalue weighted by Gasteiger charge is 2.50. The van der Waals surface area contributed by atoms with Gasteiger partial charge in [0.05, 0.1) is 10.6 Å². The minimum atomic E-state index is -1.17. The Morgan fingerprint density at radius 3 is 2.35 bits per heavy atom. The minimum Gasteiger partial charge on any atom is -0.380 e. The van der Waals surface area contributed by atoms with E-state index in [0.29, 0.717) is 60.5 Å². The molecule has 2 aliphatic heterocycles. The summed E-state index contributed by atoms with van der Waals surface area (Å²) < 4.78 is 2.05. The number of aryl methyl sites for hydroxylation is 1. The number of aromatic nitrogens is 2. The number of amides is 2. The van der Waals surface area contributed by atoms with Gasteiger partial charge in [-0.25, -0.2) is 4.98 Å². The second-order valence-electron chi connectivity index (χ2n) is 8.59. The van der Waals surface area contributed by atoms with Crippen LogP contribution in [-0.4, -0.2) is 68.1 Å². The van der Waals surface area contributed by atoms with Gasteiger partial charge in [0.1, 0.15) is 22.3 Å². The van der Waals surface area contributed by atoms with Crippen LogP contribution in [0.3, 0.4) is 0 Å². The fourth-order valence-corrected chi connectivity index (χ4v) is 4.97. The molecule has 1 N–H and O–H groups in total. The van der Waals surface area contributed by atoms with Crippen LogP contribution in [0.5, 0.6) is 0 Å². The van der Waals surface area contributed by atoms with E-state index in [1.807, 2.05) is 10.6 Å². The van der Waals surface area contributed by atoms with E-state index in [2.05, 4.69) is 0 Å². The van der Waals surface area contributed by atoms with Gasteiger partial charge in [-0.2, -0.15) is 0 Å². The van der Waals surface area contributed by atoms with Crippen molar-refractivity contribution >= 4 is 35.0 Å². The lowest BCUT2D eigenvalue weighted by Gasteiger charge is -2.36. The summed E-state index contributed by atoms with van der Waals surface area (Å²) in [5, 5.41) is 11.0. The number of rotatable bonds is 3. The maximum absolute atomic E-state index is 13.0. The molecular formula is C22H24Cl2N4O3. The second-order valence-corrected chi connectivity index (χ2v) is 9.35. The summed E-state index contributed by atoms with van der Waals surface area (Å²) in [5.74, 6) is 0.608. The summed E-state index contributed by atoms with van der Waals surface area (Å²) in [6, 6.07) is 5.30. The Kier molecular flexibility index (Phi) is 5.23. The van der Waals surface area contributed by atoms with Crippen molar-refractivity contribution < 1.29 is 14.7 Å². The molecule has 3 heterocycles.